The zero-order valence-electron chi connectivity index (χ0n) is 14.4. The van der Waals surface area contributed by atoms with Crippen LogP contribution in [-0.4, -0.2) is 24.3 Å². The second-order valence-corrected chi connectivity index (χ2v) is 5.87. The van der Waals surface area contributed by atoms with Crippen molar-refractivity contribution >= 4 is 29.3 Å². The van der Waals surface area contributed by atoms with Gasteiger partial charge in [-0.1, -0.05) is 18.2 Å². The summed E-state index contributed by atoms with van der Waals surface area (Å²) in [6.07, 6.45) is 0. The summed E-state index contributed by atoms with van der Waals surface area (Å²) in [7, 11) is 0. The minimum Gasteiger partial charge on any atom is -0.462 e. The number of benzene rings is 2. The van der Waals surface area contributed by atoms with Gasteiger partial charge in [0, 0.05) is 21.7 Å². The molecule has 0 bridgehead atoms. The molecule has 0 N–H and O–H groups in total. The molecule has 0 heterocycles. The predicted octanol–water partition coefficient (Wildman–Crippen LogP) is 4.23. The van der Waals surface area contributed by atoms with Crippen molar-refractivity contribution in [2.75, 3.05) is 6.61 Å². The maximum atomic E-state index is 12.6. The lowest BCUT2D eigenvalue weighted by molar-refractivity contribution is -0.130. The molecule has 0 aliphatic carbocycles. The van der Waals surface area contributed by atoms with Crippen molar-refractivity contribution in [3.63, 3.8) is 0 Å². The minimum absolute atomic E-state index is 0.0501. The van der Waals surface area contributed by atoms with Gasteiger partial charge in [0.05, 0.1) is 6.61 Å². The lowest BCUT2D eigenvalue weighted by Crippen LogP contribution is -2.14. The first kappa shape index (κ1) is 19.4. The van der Waals surface area contributed by atoms with Gasteiger partial charge in [-0.2, -0.15) is 0 Å². The Kier molecular flexibility index (Phi) is 6.31. The first-order chi connectivity index (χ1) is 12.3. The van der Waals surface area contributed by atoms with E-state index in [1.807, 2.05) is 0 Å². The molecule has 2 aromatic carbocycles. The first-order valence-corrected chi connectivity index (χ1v) is 8.20. The normalized spacial score (nSPS) is 10.1. The number of rotatable bonds is 6. The van der Waals surface area contributed by atoms with Gasteiger partial charge in [-0.25, -0.2) is 9.59 Å². The summed E-state index contributed by atoms with van der Waals surface area (Å²) in [4.78, 5) is 36.5. The summed E-state index contributed by atoms with van der Waals surface area (Å²) in [6.45, 7) is 6.81. The maximum Gasteiger partial charge on any atom is 0.341 e. The molecule has 26 heavy (non-hydrogen) atoms. The van der Waals surface area contributed by atoms with Crippen molar-refractivity contribution < 1.29 is 23.9 Å². The molecule has 0 unspecified atom stereocenters. The topological polar surface area (TPSA) is 69.7 Å². The number of carbonyl (C=O) groups excluding carboxylic acids is 3. The molecule has 0 aliphatic rings. The molecule has 0 amide bonds. The minimum atomic E-state index is -0.702. The summed E-state index contributed by atoms with van der Waals surface area (Å²) in [5.41, 5.74) is 0.878. The van der Waals surface area contributed by atoms with Crippen LogP contribution < -0.4 is 4.74 Å². The molecule has 0 aromatic heterocycles. The van der Waals surface area contributed by atoms with E-state index in [9.17, 15) is 14.4 Å². The lowest BCUT2D eigenvalue weighted by Gasteiger charge is -2.11. The Labute approximate surface area is 156 Å². The Morgan fingerprint density at radius 3 is 2.23 bits per heavy atom. The number of halogens is 1. The van der Waals surface area contributed by atoms with E-state index < -0.39 is 11.9 Å². The molecule has 0 saturated heterocycles. The molecule has 2 aromatic rings. The van der Waals surface area contributed by atoms with Crippen LogP contribution >= 0.6 is 11.6 Å². The molecule has 0 atom stereocenters. The Morgan fingerprint density at radius 1 is 1.04 bits per heavy atom. The lowest BCUT2D eigenvalue weighted by atomic mass is 10.0. The van der Waals surface area contributed by atoms with E-state index in [1.54, 1.807) is 31.2 Å². The SMILES string of the molecule is C=C(C)C(=O)Oc1cc(C(=O)c2ccc(Cl)cc2)ccc1C(=O)OCC. The van der Waals surface area contributed by atoms with Gasteiger partial charge in [0.1, 0.15) is 11.3 Å². The van der Waals surface area contributed by atoms with Crippen LogP contribution in [0.1, 0.15) is 40.1 Å². The highest BCUT2D eigenvalue weighted by Gasteiger charge is 2.20. The van der Waals surface area contributed by atoms with Gasteiger partial charge in [0.2, 0.25) is 0 Å². The molecular formula is C20H17ClO5. The summed E-state index contributed by atoms with van der Waals surface area (Å²) >= 11 is 5.83. The number of ether oxygens (including phenoxy) is 2. The van der Waals surface area contributed by atoms with Crippen LogP contribution in [0, 0.1) is 0 Å². The number of hydrogen-bond donors (Lipinski definition) is 0. The Hall–Kier alpha value is -2.92. The molecule has 0 saturated carbocycles. The van der Waals surface area contributed by atoms with Crippen LogP contribution in [0.3, 0.4) is 0 Å². The molecule has 5 nitrogen and oxygen atoms in total. The average Bonchev–Trinajstić information content (AvgIpc) is 2.61. The van der Waals surface area contributed by atoms with Gasteiger partial charge in [-0.05, 0) is 56.3 Å². The Morgan fingerprint density at radius 2 is 1.65 bits per heavy atom. The van der Waals surface area contributed by atoms with E-state index >= 15 is 0 Å². The summed E-state index contributed by atoms with van der Waals surface area (Å²) in [5, 5.41) is 0.510. The molecule has 134 valence electrons. The van der Waals surface area contributed by atoms with E-state index in [0.717, 1.165) is 0 Å². The number of esters is 2. The maximum absolute atomic E-state index is 12.6. The van der Waals surface area contributed by atoms with Crippen LogP contribution in [0.2, 0.25) is 5.02 Å². The zero-order chi connectivity index (χ0) is 19.3. The van der Waals surface area contributed by atoms with Gasteiger partial charge in [0.25, 0.3) is 0 Å². The highest BCUT2D eigenvalue weighted by Crippen LogP contribution is 2.24. The van der Waals surface area contributed by atoms with Crippen molar-refractivity contribution in [3.8, 4) is 5.75 Å². The van der Waals surface area contributed by atoms with Gasteiger partial charge in [-0.3, -0.25) is 4.79 Å². The molecule has 0 spiro atoms. The molecule has 6 heteroatoms. The van der Waals surface area contributed by atoms with E-state index in [2.05, 4.69) is 6.58 Å². The second-order valence-electron chi connectivity index (χ2n) is 5.44. The van der Waals surface area contributed by atoms with Gasteiger partial charge >= 0.3 is 11.9 Å². The van der Waals surface area contributed by atoms with Gasteiger partial charge < -0.3 is 9.47 Å². The highest BCUT2D eigenvalue weighted by molar-refractivity contribution is 6.30. The second kappa shape index (κ2) is 8.45. The fraction of sp³-hybridized carbons (Fsp3) is 0.150. The first-order valence-electron chi connectivity index (χ1n) is 7.82. The highest BCUT2D eigenvalue weighted by atomic mass is 35.5. The zero-order valence-corrected chi connectivity index (χ0v) is 15.1. The van der Waals surface area contributed by atoms with Crippen LogP contribution in [0.25, 0.3) is 0 Å². The monoisotopic (exact) mass is 372 g/mol. The van der Waals surface area contributed by atoms with Crippen molar-refractivity contribution in [3.05, 3.63) is 76.3 Å². The molecule has 0 aliphatic heterocycles. The number of carbonyl (C=O) groups is 3. The fourth-order valence-electron chi connectivity index (χ4n) is 2.08. The van der Waals surface area contributed by atoms with E-state index in [4.69, 9.17) is 21.1 Å². The van der Waals surface area contributed by atoms with Gasteiger partial charge in [-0.15, -0.1) is 0 Å². The molecule has 2 rings (SSSR count). The number of ketones is 1. The van der Waals surface area contributed by atoms with Crippen LogP contribution in [-0.2, 0) is 9.53 Å². The van der Waals surface area contributed by atoms with Crippen LogP contribution in [0.5, 0.6) is 5.75 Å². The predicted molar refractivity (Wildman–Crippen MR) is 97.7 cm³/mol. The third-order valence-corrected chi connectivity index (χ3v) is 3.65. The molecule has 0 fully saturated rings. The fourth-order valence-corrected chi connectivity index (χ4v) is 2.21. The van der Waals surface area contributed by atoms with Crippen molar-refractivity contribution in [2.24, 2.45) is 0 Å². The summed E-state index contributed by atoms with van der Waals surface area (Å²) in [5.74, 6) is -1.71. The summed E-state index contributed by atoms with van der Waals surface area (Å²) < 4.78 is 10.2. The quantitative estimate of drug-likeness (QED) is 0.328. The third kappa shape index (κ3) is 4.58. The molecular weight excluding hydrogens is 356 g/mol. The van der Waals surface area contributed by atoms with Crippen LogP contribution in [0.4, 0.5) is 0 Å². The molecule has 0 radical (unpaired) electrons. The van der Waals surface area contributed by atoms with Crippen molar-refractivity contribution in [1.82, 2.24) is 0 Å². The largest absolute Gasteiger partial charge is 0.462 e. The van der Waals surface area contributed by atoms with E-state index in [-0.39, 0.29) is 34.8 Å². The third-order valence-electron chi connectivity index (χ3n) is 3.40. The summed E-state index contributed by atoms with van der Waals surface area (Å²) in [6, 6.07) is 10.6. The Bertz CT molecular complexity index is 868. The average molecular weight is 373 g/mol. The van der Waals surface area contributed by atoms with Crippen molar-refractivity contribution in [1.29, 1.82) is 0 Å². The van der Waals surface area contributed by atoms with E-state index in [1.165, 1.54) is 25.1 Å². The van der Waals surface area contributed by atoms with Crippen LogP contribution in [0.15, 0.2) is 54.6 Å². The standard InChI is InChI=1S/C20H17ClO5/c1-4-25-20(24)16-10-7-14(11-17(16)26-19(23)12(2)3)18(22)13-5-8-15(21)9-6-13/h5-11H,2,4H2,1,3H3. The number of hydrogen-bond acceptors (Lipinski definition) is 5. The smallest absolute Gasteiger partial charge is 0.341 e. The van der Waals surface area contributed by atoms with Crippen molar-refractivity contribution in [2.45, 2.75) is 13.8 Å². The van der Waals surface area contributed by atoms with Gasteiger partial charge in [0.15, 0.2) is 5.78 Å². The Balaban J connectivity index is 2.43. The van der Waals surface area contributed by atoms with E-state index in [0.29, 0.717) is 10.6 Å².